The number of ether oxygens (including phenoxy) is 1. The number of aromatic amines is 1. The van der Waals surface area contributed by atoms with Crippen molar-refractivity contribution in [2.45, 2.75) is 44.8 Å². The summed E-state index contributed by atoms with van der Waals surface area (Å²) in [6, 6.07) is 5.37. The first-order chi connectivity index (χ1) is 19.4. The number of pyridine rings is 2. The first kappa shape index (κ1) is 28.1. The van der Waals surface area contributed by atoms with Crippen molar-refractivity contribution in [3.63, 3.8) is 0 Å². The molecule has 10 nitrogen and oxygen atoms in total. The van der Waals surface area contributed by atoms with E-state index in [1.165, 1.54) is 4.68 Å². The van der Waals surface area contributed by atoms with Crippen molar-refractivity contribution in [1.82, 2.24) is 29.7 Å². The molecule has 2 aliphatic rings. The van der Waals surface area contributed by atoms with Crippen LogP contribution in [0, 0.1) is 6.92 Å². The molecule has 0 spiro atoms. The van der Waals surface area contributed by atoms with Crippen molar-refractivity contribution < 1.29 is 41.0 Å². The number of carboxylic acids is 1. The van der Waals surface area contributed by atoms with Crippen molar-refractivity contribution in [3.05, 3.63) is 48.2 Å². The Balaban J connectivity index is 0.000000431. The second-order valence-corrected chi connectivity index (χ2v) is 9.13. The van der Waals surface area contributed by atoms with Crippen LogP contribution in [0.5, 0.6) is 0 Å². The highest BCUT2D eigenvalue weighted by Gasteiger charge is 2.41. The number of carbonyl (C=O) groups is 1. The van der Waals surface area contributed by atoms with Gasteiger partial charge in [0.15, 0.2) is 5.69 Å². The summed E-state index contributed by atoms with van der Waals surface area (Å²) in [5, 5.41) is 14.3. The number of aliphatic carboxylic acids is 1. The zero-order chi connectivity index (χ0) is 29.5. The maximum Gasteiger partial charge on any atom is 0.490 e. The van der Waals surface area contributed by atoms with Gasteiger partial charge in [-0.1, -0.05) is 0 Å². The summed E-state index contributed by atoms with van der Waals surface area (Å²) in [5.74, 6) is -2.11. The van der Waals surface area contributed by atoms with Gasteiger partial charge in [-0.15, -0.1) is 0 Å². The summed E-state index contributed by atoms with van der Waals surface area (Å²) in [6.45, 7) is 2.12. The topological polar surface area (TPSA) is 131 Å². The molecule has 0 aromatic carbocycles. The zero-order valence-corrected chi connectivity index (χ0v) is 21.1. The first-order valence-corrected chi connectivity index (χ1v) is 12.2. The van der Waals surface area contributed by atoms with Crippen LogP contribution in [0.25, 0.3) is 33.9 Å². The molecule has 4 aromatic rings. The van der Waals surface area contributed by atoms with Crippen LogP contribution < -0.4 is 5.32 Å². The Morgan fingerprint density at radius 2 is 1.88 bits per heavy atom. The number of nitrogens with zero attached hydrogens (tertiary/aromatic N) is 5. The summed E-state index contributed by atoms with van der Waals surface area (Å²) in [5.41, 5.74) is 2.45. The lowest BCUT2D eigenvalue weighted by molar-refractivity contribution is -0.192. The largest absolute Gasteiger partial charge is 0.490 e. The Labute approximate surface area is 227 Å². The molecule has 6 heterocycles. The molecule has 2 aliphatic heterocycles. The third-order valence-corrected chi connectivity index (χ3v) is 6.44. The predicted octanol–water partition coefficient (Wildman–Crippen LogP) is 6.11. The molecule has 0 aliphatic carbocycles. The second-order valence-electron chi connectivity index (χ2n) is 9.13. The Kier molecular flexibility index (Phi) is 7.19. The molecule has 0 amide bonds. The molecule has 216 valence electrons. The minimum absolute atomic E-state index is 0.0799. The van der Waals surface area contributed by atoms with Crippen LogP contribution in [0.4, 0.5) is 37.8 Å². The molecule has 0 saturated carbocycles. The number of hydrogen-bond acceptors (Lipinski definition) is 7. The zero-order valence-electron chi connectivity index (χ0n) is 21.1. The number of fused-ring (bicyclic) bond motifs is 5. The van der Waals surface area contributed by atoms with E-state index in [1.807, 2.05) is 6.07 Å². The molecular weight excluding hydrogens is 560 g/mol. The SMILES string of the molecule is Cc1c(-c2nc3c([nH]2)-c2ccncc2Nc2ncccc2-3)c(C(F)(F)F)nn1C1CCCCO1.O=C(O)C(F)(F)F. The van der Waals surface area contributed by atoms with E-state index in [4.69, 9.17) is 14.6 Å². The van der Waals surface area contributed by atoms with Gasteiger partial charge in [-0.25, -0.2) is 19.4 Å². The van der Waals surface area contributed by atoms with Crippen molar-refractivity contribution >= 4 is 17.5 Å². The molecule has 41 heavy (non-hydrogen) atoms. The molecule has 1 unspecified atom stereocenters. The highest BCUT2D eigenvalue weighted by Crippen LogP contribution is 2.45. The summed E-state index contributed by atoms with van der Waals surface area (Å²) >= 11 is 0. The molecule has 4 aromatic heterocycles. The standard InChI is InChI=1S/C23H20F3N7O.C2HF3O2/c1-12-17(20(23(24,25)26)32-33(12)16-6-2-3-10-34-16)22-30-18-13-7-9-27-11-15(13)29-21-14(19(18)31-22)5-4-8-28-21;3-2(4,5)1(6)7/h4-5,7-9,11,16H,2-3,6,10H2,1H3,(H,28,29)(H,30,31);(H,6,7). The van der Waals surface area contributed by atoms with Gasteiger partial charge in [-0.3, -0.25) is 4.98 Å². The summed E-state index contributed by atoms with van der Waals surface area (Å²) in [4.78, 5) is 25.3. The van der Waals surface area contributed by atoms with E-state index < -0.39 is 30.2 Å². The number of hydrogen-bond donors (Lipinski definition) is 3. The normalized spacial score (nSPS) is 16.3. The average molecular weight is 581 g/mol. The van der Waals surface area contributed by atoms with E-state index in [-0.39, 0.29) is 11.4 Å². The van der Waals surface area contributed by atoms with Gasteiger partial charge in [0.05, 0.1) is 23.1 Å². The number of H-pyrrole nitrogens is 1. The highest BCUT2D eigenvalue weighted by molar-refractivity contribution is 5.95. The van der Waals surface area contributed by atoms with Gasteiger partial charge >= 0.3 is 18.3 Å². The second kappa shape index (κ2) is 10.5. The molecule has 6 rings (SSSR count). The maximum absolute atomic E-state index is 14.1. The van der Waals surface area contributed by atoms with Crippen LogP contribution in [0.1, 0.15) is 36.9 Å². The summed E-state index contributed by atoms with van der Waals surface area (Å²) in [7, 11) is 0. The van der Waals surface area contributed by atoms with Crippen molar-refractivity contribution in [1.29, 1.82) is 0 Å². The fourth-order valence-corrected chi connectivity index (χ4v) is 4.61. The summed E-state index contributed by atoms with van der Waals surface area (Å²) in [6.07, 6.45) is -2.99. The van der Waals surface area contributed by atoms with E-state index in [0.717, 1.165) is 18.4 Å². The van der Waals surface area contributed by atoms with Gasteiger partial charge in [0.1, 0.15) is 23.6 Å². The van der Waals surface area contributed by atoms with Crippen LogP contribution in [0.3, 0.4) is 0 Å². The maximum atomic E-state index is 14.1. The van der Waals surface area contributed by atoms with Gasteiger partial charge in [0.2, 0.25) is 0 Å². The predicted molar refractivity (Wildman–Crippen MR) is 132 cm³/mol. The Bertz CT molecular complexity index is 1530. The van der Waals surface area contributed by atoms with Crippen LogP contribution in [-0.4, -0.2) is 53.6 Å². The highest BCUT2D eigenvalue weighted by atomic mass is 19.4. The Morgan fingerprint density at radius 3 is 2.54 bits per heavy atom. The lowest BCUT2D eigenvalue weighted by atomic mass is 10.1. The minimum Gasteiger partial charge on any atom is -0.475 e. The van der Waals surface area contributed by atoms with Gasteiger partial charge in [0, 0.05) is 35.8 Å². The third kappa shape index (κ3) is 5.46. The van der Waals surface area contributed by atoms with Gasteiger partial charge in [-0.05, 0) is 44.4 Å². The Hall–Kier alpha value is -4.47. The van der Waals surface area contributed by atoms with E-state index in [0.29, 0.717) is 47.2 Å². The number of aromatic nitrogens is 6. The molecule has 1 fully saturated rings. The quantitative estimate of drug-likeness (QED) is 0.213. The lowest BCUT2D eigenvalue weighted by Gasteiger charge is -2.24. The van der Waals surface area contributed by atoms with E-state index in [2.05, 4.69) is 30.4 Å². The lowest BCUT2D eigenvalue weighted by Crippen LogP contribution is -2.21. The molecular formula is C25H21F6N7O3. The number of halogens is 6. The van der Waals surface area contributed by atoms with Crippen molar-refractivity contribution in [2.75, 3.05) is 11.9 Å². The van der Waals surface area contributed by atoms with E-state index in [1.54, 1.807) is 37.6 Å². The van der Waals surface area contributed by atoms with E-state index >= 15 is 0 Å². The van der Waals surface area contributed by atoms with Crippen LogP contribution in [-0.2, 0) is 15.7 Å². The van der Waals surface area contributed by atoms with Gasteiger partial charge < -0.3 is 20.1 Å². The number of nitrogens with one attached hydrogen (secondary N) is 2. The Morgan fingerprint density at radius 1 is 1.12 bits per heavy atom. The summed E-state index contributed by atoms with van der Waals surface area (Å²) < 4.78 is 81.2. The molecule has 3 N–H and O–H groups in total. The number of rotatable bonds is 2. The van der Waals surface area contributed by atoms with Gasteiger partial charge in [0.25, 0.3) is 0 Å². The van der Waals surface area contributed by atoms with Crippen molar-refractivity contribution in [2.24, 2.45) is 0 Å². The average Bonchev–Trinajstić information content (AvgIpc) is 3.47. The van der Waals surface area contributed by atoms with Crippen LogP contribution in [0.15, 0.2) is 36.8 Å². The minimum atomic E-state index is -5.08. The van der Waals surface area contributed by atoms with Crippen molar-refractivity contribution in [3.8, 4) is 33.9 Å². The van der Waals surface area contributed by atoms with E-state index in [9.17, 15) is 26.3 Å². The molecule has 0 radical (unpaired) electrons. The smallest absolute Gasteiger partial charge is 0.475 e. The number of alkyl halides is 6. The monoisotopic (exact) mass is 581 g/mol. The van der Waals surface area contributed by atoms with Crippen LogP contribution >= 0.6 is 0 Å². The molecule has 16 heteroatoms. The van der Waals surface area contributed by atoms with Gasteiger partial charge in [-0.2, -0.15) is 31.4 Å². The third-order valence-electron chi connectivity index (χ3n) is 6.44. The number of imidazole rings is 1. The van der Waals surface area contributed by atoms with Crippen LogP contribution in [0.2, 0.25) is 0 Å². The first-order valence-electron chi connectivity index (χ1n) is 12.2. The molecule has 1 saturated heterocycles. The molecule has 0 bridgehead atoms. The fourth-order valence-electron chi connectivity index (χ4n) is 4.61. The fraction of sp³-hybridized carbons (Fsp3) is 0.320. The number of anilines is 2. The number of carboxylic acid groups (broad SMARTS) is 1. The molecule has 1 atom stereocenters.